The Labute approximate surface area is 144 Å². The van der Waals surface area contributed by atoms with E-state index in [0.29, 0.717) is 17.6 Å². The Bertz CT molecular complexity index is 975. The van der Waals surface area contributed by atoms with Gasteiger partial charge in [-0.15, -0.1) is 11.3 Å². The number of hydrogen-bond donors (Lipinski definition) is 0. The summed E-state index contributed by atoms with van der Waals surface area (Å²) in [4.78, 5) is 19.4. The molecule has 0 aliphatic heterocycles. The Morgan fingerprint density at radius 2 is 2.00 bits per heavy atom. The highest BCUT2D eigenvalue weighted by molar-refractivity contribution is 7.90. The third-order valence-electron chi connectivity index (χ3n) is 3.64. The largest absolute Gasteiger partial charge is 0.339 e. The van der Waals surface area contributed by atoms with Gasteiger partial charge in [0.25, 0.3) is 0 Å². The highest BCUT2D eigenvalue weighted by Crippen LogP contribution is 2.20. The lowest BCUT2D eigenvalue weighted by atomic mass is 10.3. The van der Waals surface area contributed by atoms with E-state index in [-0.39, 0.29) is 17.6 Å². The van der Waals surface area contributed by atoms with Crippen molar-refractivity contribution in [2.75, 3.05) is 13.3 Å². The van der Waals surface area contributed by atoms with Crippen molar-refractivity contribution >= 4 is 38.1 Å². The molecule has 0 saturated heterocycles. The Hall–Kier alpha value is -2.19. The predicted molar refractivity (Wildman–Crippen MR) is 93.6 cm³/mol. The summed E-state index contributed by atoms with van der Waals surface area (Å²) in [6, 6.07) is 11.0. The fourth-order valence-electron chi connectivity index (χ4n) is 2.47. The Morgan fingerprint density at radius 1 is 1.25 bits per heavy atom. The zero-order valence-corrected chi connectivity index (χ0v) is 15.0. The SMILES string of the molecule is CN(Cc1cccs1)C(=O)Cn1c(S(C)(=O)=O)nc2ccccc21. The number of carbonyl (C=O) groups is 1. The molecule has 6 nitrogen and oxygen atoms in total. The minimum absolute atomic E-state index is 0.0647. The molecule has 1 aromatic carbocycles. The van der Waals surface area contributed by atoms with E-state index in [0.717, 1.165) is 11.1 Å². The van der Waals surface area contributed by atoms with Crippen molar-refractivity contribution in [2.45, 2.75) is 18.2 Å². The summed E-state index contributed by atoms with van der Waals surface area (Å²) in [6.07, 6.45) is 1.10. The van der Waals surface area contributed by atoms with Crippen molar-refractivity contribution < 1.29 is 13.2 Å². The van der Waals surface area contributed by atoms with E-state index in [4.69, 9.17) is 0 Å². The topological polar surface area (TPSA) is 72.3 Å². The first-order valence-corrected chi connectivity index (χ1v) is 10.0. The van der Waals surface area contributed by atoms with E-state index < -0.39 is 9.84 Å². The van der Waals surface area contributed by atoms with Gasteiger partial charge in [-0.3, -0.25) is 4.79 Å². The summed E-state index contributed by atoms with van der Waals surface area (Å²) < 4.78 is 25.5. The highest BCUT2D eigenvalue weighted by atomic mass is 32.2. The van der Waals surface area contributed by atoms with E-state index in [2.05, 4.69) is 4.98 Å². The zero-order chi connectivity index (χ0) is 17.3. The molecule has 24 heavy (non-hydrogen) atoms. The predicted octanol–water partition coefficient (Wildman–Crippen LogP) is 2.16. The summed E-state index contributed by atoms with van der Waals surface area (Å²) in [6.45, 7) is 0.433. The van der Waals surface area contributed by atoms with Crippen LogP contribution in [0, 0.1) is 0 Å². The molecule has 0 N–H and O–H groups in total. The number of imidazole rings is 1. The fraction of sp³-hybridized carbons (Fsp3) is 0.250. The van der Waals surface area contributed by atoms with Crippen molar-refractivity contribution in [2.24, 2.45) is 0 Å². The molecule has 0 bridgehead atoms. The average Bonchev–Trinajstić information content (AvgIpc) is 3.15. The molecule has 1 amide bonds. The minimum Gasteiger partial charge on any atom is -0.339 e. The Morgan fingerprint density at radius 3 is 2.67 bits per heavy atom. The van der Waals surface area contributed by atoms with Crippen LogP contribution in [0.5, 0.6) is 0 Å². The van der Waals surface area contributed by atoms with Crippen LogP contribution in [0.15, 0.2) is 46.9 Å². The van der Waals surface area contributed by atoms with Crippen LogP contribution >= 0.6 is 11.3 Å². The second-order valence-electron chi connectivity index (χ2n) is 5.57. The first-order valence-electron chi connectivity index (χ1n) is 7.28. The summed E-state index contributed by atoms with van der Waals surface area (Å²) in [5.41, 5.74) is 1.20. The maximum atomic E-state index is 12.5. The molecule has 126 valence electrons. The number of fused-ring (bicyclic) bond motifs is 1. The van der Waals surface area contributed by atoms with Gasteiger partial charge in [0.15, 0.2) is 0 Å². The van der Waals surface area contributed by atoms with Gasteiger partial charge in [-0.2, -0.15) is 0 Å². The van der Waals surface area contributed by atoms with Crippen molar-refractivity contribution in [3.63, 3.8) is 0 Å². The van der Waals surface area contributed by atoms with Crippen molar-refractivity contribution in [1.82, 2.24) is 14.5 Å². The maximum absolute atomic E-state index is 12.5. The summed E-state index contributed by atoms with van der Waals surface area (Å²) in [7, 11) is -1.82. The molecule has 0 spiro atoms. The van der Waals surface area contributed by atoms with Crippen LogP contribution in [0.2, 0.25) is 0 Å². The molecule has 8 heteroatoms. The Balaban J connectivity index is 1.92. The second kappa shape index (κ2) is 6.37. The molecule has 2 heterocycles. The van der Waals surface area contributed by atoms with Crippen LogP contribution in [0.25, 0.3) is 11.0 Å². The van der Waals surface area contributed by atoms with E-state index in [1.54, 1.807) is 47.5 Å². The molecule has 0 atom stereocenters. The molecule has 0 aliphatic carbocycles. The lowest BCUT2D eigenvalue weighted by Crippen LogP contribution is -2.30. The molecule has 0 radical (unpaired) electrons. The second-order valence-corrected chi connectivity index (χ2v) is 8.51. The molecule has 0 fully saturated rings. The van der Waals surface area contributed by atoms with Crippen molar-refractivity contribution in [3.8, 4) is 0 Å². The summed E-state index contributed by atoms with van der Waals surface area (Å²) in [5, 5.41) is 1.88. The zero-order valence-electron chi connectivity index (χ0n) is 13.3. The maximum Gasteiger partial charge on any atom is 0.242 e. The number of thiophene rings is 1. The van der Waals surface area contributed by atoms with Gasteiger partial charge >= 0.3 is 0 Å². The molecular weight excluding hydrogens is 346 g/mol. The lowest BCUT2D eigenvalue weighted by Gasteiger charge is -2.17. The fourth-order valence-corrected chi connectivity index (χ4v) is 4.05. The van der Waals surface area contributed by atoms with Gasteiger partial charge in [0.2, 0.25) is 20.9 Å². The van der Waals surface area contributed by atoms with Crippen LogP contribution in [0.3, 0.4) is 0 Å². The monoisotopic (exact) mass is 363 g/mol. The minimum atomic E-state index is -3.53. The number of carbonyl (C=O) groups excluding carboxylic acids is 1. The van der Waals surface area contributed by atoms with Gasteiger partial charge in [0, 0.05) is 18.2 Å². The molecule has 0 aliphatic rings. The standard InChI is InChI=1S/C16H17N3O3S2/c1-18(10-12-6-5-9-23-12)15(20)11-19-14-8-4-3-7-13(14)17-16(19)24(2,21)22/h3-9H,10-11H2,1-2H3. The lowest BCUT2D eigenvalue weighted by molar-refractivity contribution is -0.131. The van der Waals surface area contributed by atoms with Crippen LogP contribution in [-0.4, -0.2) is 42.1 Å². The number of likely N-dealkylation sites (N-methyl/N-ethyl adjacent to an activating group) is 1. The number of sulfone groups is 1. The van der Waals surface area contributed by atoms with Gasteiger partial charge in [-0.05, 0) is 23.6 Å². The van der Waals surface area contributed by atoms with Crippen molar-refractivity contribution in [1.29, 1.82) is 0 Å². The van der Waals surface area contributed by atoms with Gasteiger partial charge in [-0.25, -0.2) is 13.4 Å². The first kappa shape index (κ1) is 16.7. The third kappa shape index (κ3) is 3.34. The number of para-hydroxylation sites is 2. The smallest absolute Gasteiger partial charge is 0.242 e. The number of rotatable bonds is 5. The number of benzene rings is 1. The molecule has 0 unspecified atom stereocenters. The van der Waals surface area contributed by atoms with Gasteiger partial charge in [0.05, 0.1) is 17.6 Å². The summed E-state index contributed by atoms with van der Waals surface area (Å²) in [5.74, 6) is -0.170. The van der Waals surface area contributed by atoms with Crippen molar-refractivity contribution in [3.05, 3.63) is 46.7 Å². The van der Waals surface area contributed by atoms with Crippen LogP contribution in [0.1, 0.15) is 4.88 Å². The average molecular weight is 363 g/mol. The van der Waals surface area contributed by atoms with Crippen LogP contribution < -0.4 is 0 Å². The molecule has 2 aromatic heterocycles. The highest BCUT2D eigenvalue weighted by Gasteiger charge is 2.22. The third-order valence-corrected chi connectivity index (χ3v) is 5.48. The van der Waals surface area contributed by atoms with Crippen LogP contribution in [-0.2, 0) is 27.7 Å². The van der Waals surface area contributed by atoms with Gasteiger partial charge in [0.1, 0.15) is 6.54 Å². The molecule has 0 saturated carbocycles. The van der Waals surface area contributed by atoms with Gasteiger partial charge in [-0.1, -0.05) is 18.2 Å². The molecule has 3 rings (SSSR count). The summed E-state index contributed by atoms with van der Waals surface area (Å²) >= 11 is 1.58. The van der Waals surface area contributed by atoms with E-state index in [1.807, 2.05) is 17.5 Å². The van der Waals surface area contributed by atoms with Gasteiger partial charge < -0.3 is 9.47 Å². The Kier molecular flexibility index (Phi) is 4.42. The molecular formula is C16H17N3O3S2. The quantitative estimate of drug-likeness (QED) is 0.696. The number of nitrogens with zero attached hydrogens (tertiary/aromatic N) is 3. The van der Waals surface area contributed by atoms with E-state index in [9.17, 15) is 13.2 Å². The number of amides is 1. The van der Waals surface area contributed by atoms with E-state index >= 15 is 0 Å². The number of hydrogen-bond acceptors (Lipinski definition) is 5. The molecule has 3 aromatic rings. The van der Waals surface area contributed by atoms with E-state index in [1.165, 1.54) is 4.57 Å². The number of aromatic nitrogens is 2. The first-order chi connectivity index (χ1) is 11.4. The van der Waals surface area contributed by atoms with Crippen LogP contribution in [0.4, 0.5) is 0 Å². The normalized spacial score (nSPS) is 11.8.